The van der Waals surface area contributed by atoms with Crippen molar-refractivity contribution in [1.29, 1.82) is 5.26 Å². The largest absolute Gasteiger partial charge is 0.349 e. The van der Waals surface area contributed by atoms with E-state index in [2.05, 4.69) is 5.32 Å². The zero-order chi connectivity index (χ0) is 14.1. The number of carbonyl (C=O) groups excluding carboxylic acids is 1. The van der Waals surface area contributed by atoms with E-state index in [0.29, 0.717) is 0 Å². The predicted octanol–water partition coefficient (Wildman–Crippen LogP) is 3.06. The number of carbonyl (C=O) groups is 1. The molecule has 1 aromatic carbocycles. The van der Waals surface area contributed by atoms with Crippen molar-refractivity contribution in [2.45, 2.75) is 26.3 Å². The second kappa shape index (κ2) is 7.88. The Balaban J connectivity index is 2.70. The van der Waals surface area contributed by atoms with Gasteiger partial charge in [-0.05, 0) is 25.0 Å². The molecule has 98 valence electrons. The molecule has 1 rings (SSSR count). The number of nitrogens with zero attached hydrogens (tertiary/aromatic N) is 1. The van der Waals surface area contributed by atoms with Gasteiger partial charge in [-0.15, -0.1) is 0 Å². The molecule has 3 nitrogen and oxygen atoms in total. The SMILES string of the molecule is CC[C@H](C)NC(=O)/C(C#N)=C/C=C/c1ccccc1. The highest BCUT2D eigenvalue weighted by Gasteiger charge is 2.09. The van der Waals surface area contributed by atoms with Crippen LogP contribution in [0.4, 0.5) is 0 Å². The van der Waals surface area contributed by atoms with Crippen molar-refractivity contribution in [2.75, 3.05) is 0 Å². The molecule has 0 heterocycles. The van der Waals surface area contributed by atoms with Gasteiger partial charge in [0.15, 0.2) is 0 Å². The summed E-state index contributed by atoms with van der Waals surface area (Å²) >= 11 is 0. The number of hydrogen-bond acceptors (Lipinski definition) is 2. The van der Waals surface area contributed by atoms with Crippen LogP contribution in [0, 0.1) is 11.3 Å². The van der Waals surface area contributed by atoms with Crippen molar-refractivity contribution in [3.05, 3.63) is 53.6 Å². The number of nitriles is 1. The summed E-state index contributed by atoms with van der Waals surface area (Å²) in [6.07, 6.45) is 5.94. The fraction of sp³-hybridized carbons (Fsp3) is 0.250. The first-order valence-corrected chi connectivity index (χ1v) is 6.31. The van der Waals surface area contributed by atoms with E-state index >= 15 is 0 Å². The Morgan fingerprint density at radius 1 is 1.42 bits per heavy atom. The van der Waals surface area contributed by atoms with Crippen molar-refractivity contribution in [2.24, 2.45) is 0 Å². The fourth-order valence-electron chi connectivity index (χ4n) is 1.39. The van der Waals surface area contributed by atoms with Gasteiger partial charge in [-0.25, -0.2) is 0 Å². The van der Waals surface area contributed by atoms with Crippen molar-refractivity contribution in [3.8, 4) is 6.07 Å². The van der Waals surface area contributed by atoms with Crippen molar-refractivity contribution in [3.63, 3.8) is 0 Å². The molecular weight excluding hydrogens is 236 g/mol. The topological polar surface area (TPSA) is 52.9 Å². The summed E-state index contributed by atoms with van der Waals surface area (Å²) in [5, 5.41) is 11.7. The van der Waals surface area contributed by atoms with Gasteiger partial charge in [-0.2, -0.15) is 5.26 Å². The van der Waals surface area contributed by atoms with Crippen LogP contribution in [-0.2, 0) is 4.79 Å². The molecule has 0 saturated heterocycles. The van der Waals surface area contributed by atoms with Crippen LogP contribution in [0.15, 0.2) is 48.1 Å². The third-order valence-corrected chi connectivity index (χ3v) is 2.71. The highest BCUT2D eigenvalue weighted by Crippen LogP contribution is 2.03. The minimum Gasteiger partial charge on any atom is -0.349 e. The molecule has 19 heavy (non-hydrogen) atoms. The Labute approximate surface area is 114 Å². The van der Waals surface area contributed by atoms with Gasteiger partial charge >= 0.3 is 0 Å². The minimum atomic E-state index is -0.324. The highest BCUT2D eigenvalue weighted by molar-refractivity contribution is 5.97. The molecule has 0 saturated carbocycles. The first-order chi connectivity index (χ1) is 9.17. The van der Waals surface area contributed by atoms with Gasteiger partial charge in [-0.3, -0.25) is 4.79 Å². The van der Waals surface area contributed by atoms with Gasteiger partial charge in [0.05, 0.1) is 0 Å². The minimum absolute atomic E-state index is 0.0716. The Kier molecular flexibility index (Phi) is 6.11. The van der Waals surface area contributed by atoms with Gasteiger partial charge < -0.3 is 5.32 Å². The van der Waals surface area contributed by atoms with E-state index in [1.54, 1.807) is 6.08 Å². The molecule has 0 spiro atoms. The maximum absolute atomic E-state index is 11.8. The lowest BCUT2D eigenvalue weighted by Gasteiger charge is -2.09. The Morgan fingerprint density at radius 2 is 2.11 bits per heavy atom. The maximum Gasteiger partial charge on any atom is 0.262 e. The summed E-state index contributed by atoms with van der Waals surface area (Å²) in [5.74, 6) is -0.324. The zero-order valence-corrected chi connectivity index (χ0v) is 11.3. The summed E-state index contributed by atoms with van der Waals surface area (Å²) in [5.41, 5.74) is 1.14. The lowest BCUT2D eigenvalue weighted by atomic mass is 10.1. The van der Waals surface area contributed by atoms with E-state index in [1.807, 2.05) is 56.3 Å². The summed E-state index contributed by atoms with van der Waals surface area (Å²) in [4.78, 5) is 11.8. The lowest BCUT2D eigenvalue weighted by molar-refractivity contribution is -0.117. The van der Waals surface area contributed by atoms with Crippen LogP contribution >= 0.6 is 0 Å². The molecule has 1 atom stereocenters. The third kappa shape index (κ3) is 5.22. The Bertz CT molecular complexity index is 509. The Hall–Kier alpha value is -2.34. The first-order valence-electron chi connectivity index (χ1n) is 6.31. The standard InChI is InChI=1S/C16H18N2O/c1-3-13(2)18-16(19)15(12-17)11-7-10-14-8-5-4-6-9-14/h4-11,13H,3H2,1-2H3,(H,18,19)/b10-7+,15-11+/t13-/m0/s1. The molecular formula is C16H18N2O. The molecule has 1 aromatic rings. The molecule has 0 aliphatic heterocycles. The molecule has 1 N–H and O–H groups in total. The van der Waals surface area contributed by atoms with Gasteiger partial charge in [0.25, 0.3) is 5.91 Å². The van der Waals surface area contributed by atoms with Crippen LogP contribution in [0.25, 0.3) is 6.08 Å². The van der Waals surface area contributed by atoms with Crippen LogP contribution in [0.2, 0.25) is 0 Å². The van der Waals surface area contributed by atoms with E-state index in [4.69, 9.17) is 5.26 Å². The normalized spacial score (nSPS) is 13.0. The molecule has 0 fully saturated rings. The molecule has 0 aliphatic rings. The van der Waals surface area contributed by atoms with Gasteiger partial charge in [0.2, 0.25) is 0 Å². The highest BCUT2D eigenvalue weighted by atomic mass is 16.1. The van der Waals surface area contributed by atoms with E-state index in [1.165, 1.54) is 6.08 Å². The van der Waals surface area contributed by atoms with Gasteiger partial charge in [-0.1, -0.05) is 49.4 Å². The van der Waals surface area contributed by atoms with Crippen LogP contribution in [-0.4, -0.2) is 11.9 Å². The molecule has 0 bridgehead atoms. The van der Waals surface area contributed by atoms with E-state index in [9.17, 15) is 4.79 Å². The van der Waals surface area contributed by atoms with Crippen molar-refractivity contribution >= 4 is 12.0 Å². The Morgan fingerprint density at radius 3 is 2.68 bits per heavy atom. The molecule has 0 aromatic heterocycles. The van der Waals surface area contributed by atoms with Crippen LogP contribution in [0.1, 0.15) is 25.8 Å². The zero-order valence-electron chi connectivity index (χ0n) is 11.3. The number of nitrogens with one attached hydrogen (secondary N) is 1. The van der Waals surface area contributed by atoms with Crippen molar-refractivity contribution in [1.82, 2.24) is 5.32 Å². The molecule has 1 amide bonds. The average Bonchev–Trinajstić information content (AvgIpc) is 2.44. The van der Waals surface area contributed by atoms with Crippen LogP contribution in [0.3, 0.4) is 0 Å². The smallest absolute Gasteiger partial charge is 0.262 e. The van der Waals surface area contributed by atoms with Crippen LogP contribution < -0.4 is 5.32 Å². The first kappa shape index (κ1) is 14.7. The predicted molar refractivity (Wildman–Crippen MR) is 77.1 cm³/mol. The van der Waals surface area contributed by atoms with E-state index < -0.39 is 0 Å². The number of hydrogen-bond donors (Lipinski definition) is 1. The summed E-state index contributed by atoms with van der Waals surface area (Å²) in [7, 11) is 0. The second-order valence-electron chi connectivity index (χ2n) is 4.24. The fourth-order valence-corrected chi connectivity index (χ4v) is 1.39. The second-order valence-corrected chi connectivity index (χ2v) is 4.24. The monoisotopic (exact) mass is 254 g/mol. The van der Waals surface area contributed by atoms with E-state index in [0.717, 1.165) is 12.0 Å². The van der Waals surface area contributed by atoms with Crippen LogP contribution in [0.5, 0.6) is 0 Å². The third-order valence-electron chi connectivity index (χ3n) is 2.71. The number of allylic oxidation sites excluding steroid dienone is 2. The quantitative estimate of drug-likeness (QED) is 0.499. The number of amides is 1. The number of rotatable bonds is 5. The van der Waals surface area contributed by atoms with Gasteiger partial charge in [0, 0.05) is 6.04 Å². The molecule has 3 heteroatoms. The maximum atomic E-state index is 11.8. The lowest BCUT2D eigenvalue weighted by Crippen LogP contribution is -2.32. The summed E-state index contributed by atoms with van der Waals surface area (Å²) in [6, 6.07) is 11.7. The molecule has 0 unspecified atom stereocenters. The van der Waals surface area contributed by atoms with Gasteiger partial charge in [0.1, 0.15) is 11.6 Å². The van der Waals surface area contributed by atoms with Crippen molar-refractivity contribution < 1.29 is 4.79 Å². The average molecular weight is 254 g/mol. The summed E-state index contributed by atoms with van der Waals surface area (Å²) in [6.45, 7) is 3.89. The molecule has 0 aliphatic carbocycles. The molecule has 0 radical (unpaired) electrons. The number of benzene rings is 1. The summed E-state index contributed by atoms with van der Waals surface area (Å²) < 4.78 is 0. The van der Waals surface area contributed by atoms with E-state index in [-0.39, 0.29) is 17.5 Å².